The molecule has 21 heavy (non-hydrogen) atoms. The summed E-state index contributed by atoms with van der Waals surface area (Å²) >= 11 is 0. The van der Waals surface area contributed by atoms with Gasteiger partial charge in [0, 0.05) is 25.8 Å². The zero-order valence-electron chi connectivity index (χ0n) is 12.7. The lowest BCUT2D eigenvalue weighted by Gasteiger charge is -2.37. The van der Waals surface area contributed by atoms with E-state index in [1.807, 2.05) is 19.1 Å². The summed E-state index contributed by atoms with van der Waals surface area (Å²) < 4.78 is 0. The van der Waals surface area contributed by atoms with Crippen LogP contribution in [0.15, 0.2) is 48.5 Å². The molecular weight excluding hydrogens is 260 g/mol. The standard InChI is InChI=1S/C18H22N2O/c1-3-18(21)14-8-10-15(11-9-14)20-13-12-19(2)16-6-4-5-7-17(16)20/h4-11,18,21H,3,12-13H2,1-2H3/t18-/m1/s1. The lowest BCUT2D eigenvalue weighted by molar-refractivity contribution is 0.173. The maximum atomic E-state index is 9.90. The predicted octanol–water partition coefficient (Wildman–Crippen LogP) is 3.72. The van der Waals surface area contributed by atoms with E-state index in [0.29, 0.717) is 0 Å². The number of aliphatic hydroxyl groups excluding tert-OH is 1. The van der Waals surface area contributed by atoms with Gasteiger partial charge in [-0.1, -0.05) is 31.2 Å². The zero-order valence-corrected chi connectivity index (χ0v) is 12.7. The second-order valence-corrected chi connectivity index (χ2v) is 5.58. The fourth-order valence-corrected chi connectivity index (χ4v) is 2.89. The van der Waals surface area contributed by atoms with Crippen LogP contribution in [-0.2, 0) is 0 Å². The van der Waals surface area contributed by atoms with E-state index in [1.165, 1.54) is 17.1 Å². The molecule has 1 aliphatic heterocycles. The van der Waals surface area contributed by atoms with Crippen molar-refractivity contribution in [1.29, 1.82) is 0 Å². The highest BCUT2D eigenvalue weighted by molar-refractivity contribution is 5.79. The lowest BCUT2D eigenvalue weighted by Crippen LogP contribution is -2.36. The molecule has 0 saturated carbocycles. The van der Waals surface area contributed by atoms with Crippen molar-refractivity contribution >= 4 is 17.1 Å². The third kappa shape index (κ3) is 2.61. The van der Waals surface area contributed by atoms with Crippen molar-refractivity contribution in [3.63, 3.8) is 0 Å². The minimum absolute atomic E-state index is 0.362. The molecule has 3 nitrogen and oxygen atoms in total. The molecule has 1 atom stereocenters. The van der Waals surface area contributed by atoms with Gasteiger partial charge < -0.3 is 14.9 Å². The van der Waals surface area contributed by atoms with Crippen LogP contribution in [0.4, 0.5) is 17.1 Å². The molecule has 0 fully saturated rings. The summed E-state index contributed by atoms with van der Waals surface area (Å²) in [6, 6.07) is 16.8. The van der Waals surface area contributed by atoms with Crippen LogP contribution >= 0.6 is 0 Å². The van der Waals surface area contributed by atoms with E-state index in [2.05, 4.69) is 53.2 Å². The first-order chi connectivity index (χ1) is 10.2. The average Bonchev–Trinajstić information content (AvgIpc) is 2.55. The van der Waals surface area contributed by atoms with Crippen LogP contribution < -0.4 is 9.80 Å². The van der Waals surface area contributed by atoms with Gasteiger partial charge in [0.05, 0.1) is 17.5 Å². The molecule has 0 spiro atoms. The van der Waals surface area contributed by atoms with Crippen molar-refractivity contribution in [2.75, 3.05) is 29.9 Å². The molecule has 0 aliphatic carbocycles. The second kappa shape index (κ2) is 5.78. The molecule has 0 unspecified atom stereocenters. The Bertz CT molecular complexity index is 609. The summed E-state index contributed by atoms with van der Waals surface area (Å²) in [6.45, 7) is 3.98. The number of hydrogen-bond acceptors (Lipinski definition) is 3. The minimum atomic E-state index is -0.362. The molecular formula is C18H22N2O. The zero-order chi connectivity index (χ0) is 14.8. The molecule has 0 saturated heterocycles. The Morgan fingerprint density at radius 2 is 1.67 bits per heavy atom. The highest BCUT2D eigenvalue weighted by Crippen LogP contribution is 2.37. The number of hydrogen-bond donors (Lipinski definition) is 1. The van der Waals surface area contributed by atoms with Gasteiger partial charge >= 0.3 is 0 Å². The molecule has 3 heteroatoms. The number of fused-ring (bicyclic) bond motifs is 1. The van der Waals surface area contributed by atoms with Gasteiger partial charge in [0.2, 0.25) is 0 Å². The predicted molar refractivity (Wildman–Crippen MR) is 88.4 cm³/mol. The van der Waals surface area contributed by atoms with Crippen LogP contribution in [0.5, 0.6) is 0 Å². The molecule has 1 aliphatic rings. The van der Waals surface area contributed by atoms with Crippen LogP contribution in [0, 0.1) is 0 Å². The topological polar surface area (TPSA) is 26.7 Å². The van der Waals surface area contributed by atoms with Crippen LogP contribution in [0.3, 0.4) is 0 Å². The van der Waals surface area contributed by atoms with Crippen LogP contribution in [0.1, 0.15) is 25.0 Å². The van der Waals surface area contributed by atoms with E-state index in [9.17, 15) is 5.11 Å². The third-order valence-corrected chi connectivity index (χ3v) is 4.22. The number of aliphatic hydroxyl groups is 1. The number of rotatable bonds is 3. The smallest absolute Gasteiger partial charge is 0.0787 e. The third-order valence-electron chi connectivity index (χ3n) is 4.22. The molecule has 1 N–H and O–H groups in total. The summed E-state index contributed by atoms with van der Waals surface area (Å²) in [5.41, 5.74) is 4.68. The molecule has 110 valence electrons. The van der Waals surface area contributed by atoms with E-state index >= 15 is 0 Å². The summed E-state index contributed by atoms with van der Waals surface area (Å²) in [7, 11) is 2.14. The van der Waals surface area contributed by atoms with Crippen molar-refractivity contribution in [1.82, 2.24) is 0 Å². The highest BCUT2D eigenvalue weighted by atomic mass is 16.3. The second-order valence-electron chi connectivity index (χ2n) is 5.58. The Hall–Kier alpha value is -2.00. The van der Waals surface area contributed by atoms with Crippen LogP contribution in [0.2, 0.25) is 0 Å². The van der Waals surface area contributed by atoms with E-state index in [4.69, 9.17) is 0 Å². The van der Waals surface area contributed by atoms with Gasteiger partial charge in [-0.05, 0) is 36.2 Å². The first kappa shape index (κ1) is 14.0. The number of likely N-dealkylation sites (N-methyl/N-ethyl adjacent to an activating group) is 1. The highest BCUT2D eigenvalue weighted by Gasteiger charge is 2.20. The fourth-order valence-electron chi connectivity index (χ4n) is 2.89. The quantitative estimate of drug-likeness (QED) is 0.929. The van der Waals surface area contributed by atoms with Crippen molar-refractivity contribution in [3.8, 4) is 0 Å². The molecule has 0 aromatic heterocycles. The van der Waals surface area contributed by atoms with Gasteiger partial charge in [-0.3, -0.25) is 0 Å². The van der Waals surface area contributed by atoms with Crippen molar-refractivity contribution < 1.29 is 5.11 Å². The molecule has 2 aromatic carbocycles. The van der Waals surface area contributed by atoms with Gasteiger partial charge in [0.15, 0.2) is 0 Å². The first-order valence-electron chi connectivity index (χ1n) is 7.56. The Labute approximate surface area is 126 Å². The number of anilines is 3. The largest absolute Gasteiger partial charge is 0.388 e. The molecule has 3 rings (SSSR count). The van der Waals surface area contributed by atoms with Gasteiger partial charge in [0.1, 0.15) is 0 Å². The van der Waals surface area contributed by atoms with E-state index < -0.39 is 0 Å². The van der Waals surface area contributed by atoms with E-state index in [-0.39, 0.29) is 6.10 Å². The number of para-hydroxylation sites is 2. The van der Waals surface area contributed by atoms with Crippen molar-refractivity contribution in [2.24, 2.45) is 0 Å². The fraction of sp³-hybridized carbons (Fsp3) is 0.333. The Morgan fingerprint density at radius 3 is 2.33 bits per heavy atom. The van der Waals surface area contributed by atoms with E-state index in [1.54, 1.807) is 0 Å². The molecule has 0 bridgehead atoms. The average molecular weight is 282 g/mol. The summed E-state index contributed by atoms with van der Waals surface area (Å²) in [5.74, 6) is 0. The Balaban J connectivity index is 1.93. The van der Waals surface area contributed by atoms with Gasteiger partial charge in [-0.25, -0.2) is 0 Å². The van der Waals surface area contributed by atoms with Crippen LogP contribution in [-0.4, -0.2) is 25.2 Å². The maximum Gasteiger partial charge on any atom is 0.0787 e. The monoisotopic (exact) mass is 282 g/mol. The minimum Gasteiger partial charge on any atom is -0.388 e. The summed E-state index contributed by atoms with van der Waals surface area (Å²) in [4.78, 5) is 4.64. The SMILES string of the molecule is CC[C@@H](O)c1ccc(N2CCN(C)c3ccccc32)cc1. The molecule has 0 amide bonds. The van der Waals surface area contributed by atoms with Crippen molar-refractivity contribution in [3.05, 3.63) is 54.1 Å². The summed E-state index contributed by atoms with van der Waals surface area (Å²) in [6.07, 6.45) is 0.385. The molecule has 0 radical (unpaired) electrons. The summed E-state index contributed by atoms with van der Waals surface area (Å²) in [5, 5.41) is 9.90. The van der Waals surface area contributed by atoms with Gasteiger partial charge in [-0.2, -0.15) is 0 Å². The van der Waals surface area contributed by atoms with Crippen molar-refractivity contribution in [2.45, 2.75) is 19.4 Å². The van der Waals surface area contributed by atoms with Gasteiger partial charge in [-0.15, -0.1) is 0 Å². The van der Waals surface area contributed by atoms with Crippen LogP contribution in [0.25, 0.3) is 0 Å². The lowest BCUT2D eigenvalue weighted by atomic mass is 10.1. The number of benzene rings is 2. The molecule has 1 heterocycles. The Morgan fingerprint density at radius 1 is 1.00 bits per heavy atom. The van der Waals surface area contributed by atoms with Gasteiger partial charge in [0.25, 0.3) is 0 Å². The number of nitrogens with zero attached hydrogens (tertiary/aromatic N) is 2. The normalized spacial score (nSPS) is 15.8. The molecule has 2 aromatic rings. The van der Waals surface area contributed by atoms with E-state index in [0.717, 1.165) is 25.1 Å². The first-order valence-corrected chi connectivity index (χ1v) is 7.56. The maximum absolute atomic E-state index is 9.90. The Kier molecular flexibility index (Phi) is 3.84.